The number of halogens is 1. The molecule has 0 atom stereocenters. The van der Waals surface area contributed by atoms with Crippen LogP contribution in [0.3, 0.4) is 0 Å². The molecule has 0 aliphatic heterocycles. The van der Waals surface area contributed by atoms with Gasteiger partial charge < -0.3 is 14.7 Å². The van der Waals surface area contributed by atoms with Crippen molar-refractivity contribution in [2.75, 3.05) is 26.2 Å². The molecule has 1 amide bonds. The summed E-state index contributed by atoms with van der Waals surface area (Å²) in [5.74, 6) is -0.516. The van der Waals surface area contributed by atoms with Crippen LogP contribution in [0.4, 0.5) is 4.39 Å². The van der Waals surface area contributed by atoms with E-state index in [0.29, 0.717) is 17.8 Å². The number of fused-ring (bicyclic) bond motifs is 1. The highest BCUT2D eigenvalue weighted by Crippen LogP contribution is 2.24. The fourth-order valence-corrected chi connectivity index (χ4v) is 3.05. The molecule has 1 N–H and O–H groups in total. The molecule has 3 rings (SSSR count). The monoisotopic (exact) mass is 401 g/mol. The van der Waals surface area contributed by atoms with Crippen LogP contribution >= 0.6 is 0 Å². The van der Waals surface area contributed by atoms with Gasteiger partial charge in [-0.15, -0.1) is 0 Å². The van der Waals surface area contributed by atoms with E-state index >= 15 is 0 Å². The van der Waals surface area contributed by atoms with Crippen molar-refractivity contribution >= 4 is 17.0 Å². The average molecular weight is 401 g/mol. The Morgan fingerprint density at radius 3 is 2.66 bits per heavy atom. The van der Waals surface area contributed by atoms with Gasteiger partial charge >= 0.3 is 0 Å². The molecule has 2 aromatic heterocycles. The van der Waals surface area contributed by atoms with Crippen LogP contribution in [0.1, 0.15) is 20.3 Å². The summed E-state index contributed by atoms with van der Waals surface area (Å²) in [4.78, 5) is 31.3. The number of nitrogens with one attached hydrogen (secondary N) is 1. The van der Waals surface area contributed by atoms with Crippen molar-refractivity contribution in [3.05, 3.63) is 46.8 Å². The molecule has 9 heteroatoms. The van der Waals surface area contributed by atoms with Crippen LogP contribution in [-0.2, 0) is 11.3 Å². The Kier molecular flexibility index (Phi) is 6.71. The minimum absolute atomic E-state index is 0.106. The van der Waals surface area contributed by atoms with Gasteiger partial charge in [0, 0.05) is 31.6 Å². The Morgan fingerprint density at radius 2 is 1.97 bits per heavy atom. The smallest absolute Gasteiger partial charge is 0.266 e. The first-order valence-electron chi connectivity index (χ1n) is 9.63. The molecule has 1 aromatic carbocycles. The number of rotatable bonds is 9. The maximum Gasteiger partial charge on any atom is 0.266 e. The number of nitrogens with zero attached hydrogens (tertiary/aromatic N) is 4. The number of hydrogen-bond acceptors (Lipinski definition) is 6. The summed E-state index contributed by atoms with van der Waals surface area (Å²) in [6, 6.07) is 5.61. The standard InChI is InChI=1S/C20H24FN5O3/c1-3-25(4-2)12-10-22-16(27)9-11-26-13-23-19-17(20(26)28)18(24-29-19)14-5-7-15(21)8-6-14/h5-8,13H,3-4,9-12H2,1-2H3,(H,22,27). The second-order valence-electron chi connectivity index (χ2n) is 6.59. The number of aryl methyl sites for hydroxylation is 1. The molecule has 0 spiro atoms. The normalized spacial score (nSPS) is 11.3. The lowest BCUT2D eigenvalue weighted by Crippen LogP contribution is -2.35. The van der Waals surface area contributed by atoms with Gasteiger partial charge in [-0.25, -0.2) is 9.37 Å². The summed E-state index contributed by atoms with van der Waals surface area (Å²) in [7, 11) is 0. The van der Waals surface area contributed by atoms with Crippen molar-refractivity contribution in [3.63, 3.8) is 0 Å². The van der Waals surface area contributed by atoms with Gasteiger partial charge in [-0.2, -0.15) is 0 Å². The molecule has 0 aliphatic carbocycles. The van der Waals surface area contributed by atoms with E-state index in [1.165, 1.54) is 35.2 Å². The Bertz CT molecular complexity index is 1020. The summed E-state index contributed by atoms with van der Waals surface area (Å²) in [5, 5.41) is 6.98. The highest BCUT2D eigenvalue weighted by atomic mass is 19.1. The zero-order valence-corrected chi connectivity index (χ0v) is 16.5. The molecular formula is C20H24FN5O3. The van der Waals surface area contributed by atoms with Gasteiger partial charge in [-0.1, -0.05) is 19.0 Å². The lowest BCUT2D eigenvalue weighted by molar-refractivity contribution is -0.121. The fraction of sp³-hybridized carbons (Fsp3) is 0.400. The van der Waals surface area contributed by atoms with E-state index < -0.39 is 0 Å². The van der Waals surface area contributed by atoms with Crippen molar-refractivity contribution < 1.29 is 13.7 Å². The van der Waals surface area contributed by atoms with Crippen LogP contribution in [0, 0.1) is 5.82 Å². The van der Waals surface area contributed by atoms with Crippen molar-refractivity contribution in [3.8, 4) is 11.3 Å². The molecule has 0 unspecified atom stereocenters. The predicted octanol–water partition coefficient (Wildman–Crippen LogP) is 2.04. The molecule has 0 aliphatic rings. The Morgan fingerprint density at radius 1 is 1.24 bits per heavy atom. The van der Waals surface area contributed by atoms with Crippen molar-refractivity contribution in [2.24, 2.45) is 0 Å². The summed E-state index contributed by atoms with van der Waals surface area (Å²) in [6.45, 7) is 7.55. The highest BCUT2D eigenvalue weighted by Gasteiger charge is 2.17. The Hall–Kier alpha value is -3.07. The maximum atomic E-state index is 13.2. The summed E-state index contributed by atoms with van der Waals surface area (Å²) < 4.78 is 19.7. The van der Waals surface area contributed by atoms with Crippen LogP contribution in [0.25, 0.3) is 22.4 Å². The predicted molar refractivity (Wildman–Crippen MR) is 107 cm³/mol. The van der Waals surface area contributed by atoms with Gasteiger partial charge in [0.25, 0.3) is 11.3 Å². The zero-order valence-electron chi connectivity index (χ0n) is 16.5. The number of carbonyl (C=O) groups excluding carboxylic acids is 1. The van der Waals surface area contributed by atoms with Crippen molar-refractivity contribution in [1.82, 2.24) is 24.9 Å². The number of benzene rings is 1. The van der Waals surface area contributed by atoms with Gasteiger partial charge in [-0.3, -0.25) is 14.2 Å². The van der Waals surface area contributed by atoms with Crippen LogP contribution < -0.4 is 10.9 Å². The molecule has 0 saturated carbocycles. The third-order valence-corrected chi connectivity index (χ3v) is 4.81. The van der Waals surface area contributed by atoms with Crippen LogP contribution in [0.15, 0.2) is 39.9 Å². The maximum absolute atomic E-state index is 13.2. The highest BCUT2D eigenvalue weighted by molar-refractivity contribution is 5.88. The van der Waals surface area contributed by atoms with E-state index in [9.17, 15) is 14.0 Å². The molecule has 0 bridgehead atoms. The molecule has 0 radical (unpaired) electrons. The minimum atomic E-state index is -0.385. The SMILES string of the molecule is CCN(CC)CCNC(=O)CCn1cnc2onc(-c3ccc(F)cc3)c2c1=O. The molecule has 0 saturated heterocycles. The molecule has 3 aromatic rings. The molecule has 2 heterocycles. The summed E-state index contributed by atoms with van der Waals surface area (Å²) in [6.07, 6.45) is 1.50. The first kappa shape index (κ1) is 20.7. The van der Waals surface area contributed by atoms with Crippen LogP contribution in [0.2, 0.25) is 0 Å². The van der Waals surface area contributed by atoms with Gasteiger partial charge in [0.15, 0.2) is 0 Å². The Balaban J connectivity index is 1.70. The van der Waals surface area contributed by atoms with Gasteiger partial charge in [0.1, 0.15) is 23.2 Å². The van der Waals surface area contributed by atoms with Crippen LogP contribution in [0.5, 0.6) is 0 Å². The van der Waals surface area contributed by atoms with Gasteiger partial charge in [0.05, 0.1) is 0 Å². The topological polar surface area (TPSA) is 93.3 Å². The van der Waals surface area contributed by atoms with E-state index in [0.717, 1.165) is 19.6 Å². The average Bonchev–Trinajstić information content (AvgIpc) is 3.16. The second kappa shape index (κ2) is 9.42. The third kappa shape index (κ3) is 4.86. The summed E-state index contributed by atoms with van der Waals surface area (Å²) in [5.41, 5.74) is 0.604. The molecule has 29 heavy (non-hydrogen) atoms. The largest absolute Gasteiger partial charge is 0.355 e. The Labute approximate surface area is 167 Å². The number of aromatic nitrogens is 3. The number of amides is 1. The van der Waals surface area contributed by atoms with Gasteiger partial charge in [0.2, 0.25) is 5.91 Å². The quantitative estimate of drug-likeness (QED) is 0.590. The molecule has 154 valence electrons. The lowest BCUT2D eigenvalue weighted by Gasteiger charge is -2.17. The molecule has 8 nitrogen and oxygen atoms in total. The third-order valence-electron chi connectivity index (χ3n) is 4.81. The van der Waals surface area contributed by atoms with Gasteiger partial charge in [-0.05, 0) is 37.4 Å². The molecule has 0 fully saturated rings. The van der Waals surface area contributed by atoms with E-state index in [4.69, 9.17) is 4.52 Å². The van der Waals surface area contributed by atoms with Crippen molar-refractivity contribution in [2.45, 2.75) is 26.8 Å². The van der Waals surface area contributed by atoms with E-state index in [1.54, 1.807) is 0 Å². The molecular weight excluding hydrogens is 377 g/mol. The zero-order chi connectivity index (χ0) is 20.8. The van der Waals surface area contributed by atoms with Crippen molar-refractivity contribution in [1.29, 1.82) is 0 Å². The number of hydrogen-bond donors (Lipinski definition) is 1. The fourth-order valence-electron chi connectivity index (χ4n) is 3.05. The van der Waals surface area contributed by atoms with E-state index in [-0.39, 0.29) is 41.3 Å². The van der Waals surface area contributed by atoms with E-state index in [2.05, 4.69) is 34.2 Å². The number of carbonyl (C=O) groups is 1. The minimum Gasteiger partial charge on any atom is -0.355 e. The van der Waals surface area contributed by atoms with E-state index in [1.807, 2.05) is 0 Å². The summed E-state index contributed by atoms with van der Waals surface area (Å²) >= 11 is 0. The first-order chi connectivity index (χ1) is 14.0. The van der Waals surface area contributed by atoms with Crippen LogP contribution in [-0.4, -0.2) is 51.7 Å². The number of likely N-dealkylation sites (N-methyl/N-ethyl adjacent to an activating group) is 1. The second-order valence-corrected chi connectivity index (χ2v) is 6.59. The lowest BCUT2D eigenvalue weighted by atomic mass is 10.1. The first-order valence-corrected chi connectivity index (χ1v) is 9.63.